The molecule has 2 aromatic carbocycles. The molecule has 0 aromatic heterocycles. The quantitative estimate of drug-likeness (QED) is 0.517. The summed E-state index contributed by atoms with van der Waals surface area (Å²) < 4.78 is 0. The Hall–Kier alpha value is -1.59. The molecule has 0 spiro atoms. The number of nitrogens with two attached hydrogens (primary N) is 1. The minimum Gasteiger partial charge on any atom is -0.354 e. The zero-order chi connectivity index (χ0) is 23.7. The Bertz CT molecular complexity index is 939. The van der Waals surface area contributed by atoms with Crippen molar-refractivity contribution in [1.29, 1.82) is 0 Å². The van der Waals surface area contributed by atoms with Crippen molar-refractivity contribution < 1.29 is 4.79 Å². The highest BCUT2D eigenvalue weighted by atomic mass is 35.5. The fraction of sp³-hybridized carbons (Fsp3) is 0.500. The summed E-state index contributed by atoms with van der Waals surface area (Å²) in [6.45, 7) is 11.4. The smallest absolute Gasteiger partial charge is 0.237 e. The third kappa shape index (κ3) is 5.48. The van der Waals surface area contributed by atoms with E-state index in [1.54, 1.807) is 0 Å². The predicted molar refractivity (Wildman–Crippen MR) is 134 cm³/mol. The van der Waals surface area contributed by atoms with Crippen molar-refractivity contribution >= 4 is 29.1 Å². The fourth-order valence-corrected chi connectivity index (χ4v) is 5.04. The van der Waals surface area contributed by atoms with Gasteiger partial charge in [0.2, 0.25) is 5.91 Å². The van der Waals surface area contributed by atoms with E-state index < -0.39 is 11.6 Å². The SMILES string of the molecule is CC(C)CNC(=O)[C@H]1N[C@H](CC(C)(C)C)[C@@](N)(c2ccc(Cl)cc2)[C@@H]1c1cccc(Cl)c1. The van der Waals surface area contributed by atoms with Crippen LogP contribution < -0.4 is 16.4 Å². The third-order valence-corrected chi connectivity index (χ3v) is 6.63. The van der Waals surface area contributed by atoms with E-state index in [1.807, 2.05) is 48.5 Å². The third-order valence-electron chi connectivity index (χ3n) is 6.14. The summed E-state index contributed by atoms with van der Waals surface area (Å²) in [7, 11) is 0. The average molecular weight is 476 g/mol. The molecule has 3 rings (SSSR count). The van der Waals surface area contributed by atoms with Crippen LogP contribution >= 0.6 is 23.2 Å². The van der Waals surface area contributed by atoms with Gasteiger partial charge in [0.25, 0.3) is 0 Å². The molecule has 0 bridgehead atoms. The normalized spacial score (nSPS) is 25.8. The highest BCUT2D eigenvalue weighted by Gasteiger charge is 2.56. The van der Waals surface area contributed by atoms with Crippen LogP contribution in [0.3, 0.4) is 0 Å². The van der Waals surface area contributed by atoms with Crippen LogP contribution in [-0.4, -0.2) is 24.5 Å². The number of amides is 1. The first-order valence-electron chi connectivity index (χ1n) is 11.3. The van der Waals surface area contributed by atoms with Crippen LogP contribution in [0.5, 0.6) is 0 Å². The maximum Gasteiger partial charge on any atom is 0.237 e. The molecule has 6 heteroatoms. The molecule has 1 fully saturated rings. The molecular weight excluding hydrogens is 441 g/mol. The molecule has 0 aliphatic carbocycles. The summed E-state index contributed by atoms with van der Waals surface area (Å²) >= 11 is 12.6. The van der Waals surface area contributed by atoms with Crippen LogP contribution in [0.25, 0.3) is 0 Å². The molecule has 0 radical (unpaired) electrons. The summed E-state index contributed by atoms with van der Waals surface area (Å²) in [6.07, 6.45) is 0.803. The Morgan fingerprint density at radius 2 is 1.78 bits per heavy atom. The highest BCUT2D eigenvalue weighted by Crippen LogP contribution is 2.48. The first kappa shape index (κ1) is 25.0. The van der Waals surface area contributed by atoms with Crippen LogP contribution in [0.4, 0.5) is 0 Å². The van der Waals surface area contributed by atoms with E-state index in [2.05, 4.69) is 45.3 Å². The monoisotopic (exact) mass is 475 g/mol. The van der Waals surface area contributed by atoms with E-state index in [-0.39, 0.29) is 23.3 Å². The first-order chi connectivity index (χ1) is 14.9. The van der Waals surface area contributed by atoms with Gasteiger partial charge in [0.15, 0.2) is 0 Å². The average Bonchev–Trinajstić information content (AvgIpc) is 2.98. The van der Waals surface area contributed by atoms with Crippen molar-refractivity contribution in [2.75, 3.05) is 6.54 Å². The molecule has 1 aliphatic heterocycles. The van der Waals surface area contributed by atoms with Gasteiger partial charge in [0, 0.05) is 28.5 Å². The van der Waals surface area contributed by atoms with Gasteiger partial charge in [-0.25, -0.2) is 0 Å². The largest absolute Gasteiger partial charge is 0.354 e. The Labute approximate surface area is 202 Å². The molecule has 4 nitrogen and oxygen atoms in total. The summed E-state index contributed by atoms with van der Waals surface area (Å²) in [5.41, 5.74) is 8.44. The van der Waals surface area contributed by atoms with Crippen molar-refractivity contribution in [1.82, 2.24) is 10.6 Å². The summed E-state index contributed by atoms with van der Waals surface area (Å²) in [6, 6.07) is 14.8. The topological polar surface area (TPSA) is 67.2 Å². The van der Waals surface area contributed by atoms with Gasteiger partial charge in [-0.15, -0.1) is 0 Å². The van der Waals surface area contributed by atoms with E-state index >= 15 is 0 Å². The lowest BCUT2D eigenvalue weighted by Crippen LogP contribution is -2.51. The molecule has 174 valence electrons. The fourth-order valence-electron chi connectivity index (χ4n) is 4.71. The summed E-state index contributed by atoms with van der Waals surface area (Å²) in [4.78, 5) is 13.4. The summed E-state index contributed by atoms with van der Waals surface area (Å²) in [5, 5.41) is 8.02. The van der Waals surface area contributed by atoms with Crippen LogP contribution in [0.1, 0.15) is 58.1 Å². The standard InChI is InChI=1S/C26H35Cl2N3O/c1-16(2)15-30-24(32)23-22(17-7-6-8-20(28)13-17)26(29,18-9-11-19(27)12-10-18)21(31-23)14-25(3,4)5/h6-13,16,21-23,31H,14-15,29H2,1-5H3,(H,30,32)/t21-,22-,23+,26+/m1/s1. The van der Waals surface area contributed by atoms with Crippen LogP contribution in [-0.2, 0) is 10.3 Å². The van der Waals surface area contributed by atoms with E-state index in [0.717, 1.165) is 17.5 Å². The highest BCUT2D eigenvalue weighted by molar-refractivity contribution is 6.30. The van der Waals surface area contributed by atoms with Gasteiger partial charge < -0.3 is 16.4 Å². The van der Waals surface area contributed by atoms with Gasteiger partial charge in [-0.1, -0.05) is 82.1 Å². The zero-order valence-electron chi connectivity index (χ0n) is 19.6. The molecule has 2 aromatic rings. The maximum atomic E-state index is 13.4. The zero-order valence-corrected chi connectivity index (χ0v) is 21.1. The number of carbonyl (C=O) groups excluding carboxylic acids is 1. The molecule has 1 aliphatic rings. The van der Waals surface area contributed by atoms with Crippen LogP contribution in [0, 0.1) is 11.3 Å². The molecular formula is C26H35Cl2N3O. The summed E-state index contributed by atoms with van der Waals surface area (Å²) in [5.74, 6) is 0.0139. The van der Waals surface area contributed by atoms with E-state index in [0.29, 0.717) is 22.5 Å². The number of benzene rings is 2. The van der Waals surface area contributed by atoms with Crippen LogP contribution in [0.15, 0.2) is 48.5 Å². The molecule has 0 unspecified atom stereocenters. The number of rotatable bonds is 6. The van der Waals surface area contributed by atoms with Crippen molar-refractivity contribution in [3.63, 3.8) is 0 Å². The minimum absolute atomic E-state index is 0.0108. The van der Waals surface area contributed by atoms with Gasteiger partial charge >= 0.3 is 0 Å². The second kappa shape index (κ2) is 9.72. The van der Waals surface area contributed by atoms with Gasteiger partial charge in [-0.2, -0.15) is 0 Å². The first-order valence-corrected chi connectivity index (χ1v) is 12.0. The maximum absolute atomic E-state index is 13.4. The van der Waals surface area contributed by atoms with Crippen molar-refractivity contribution in [2.45, 2.75) is 64.6 Å². The second-order valence-electron chi connectivity index (χ2n) is 10.6. The molecule has 1 amide bonds. The van der Waals surface area contributed by atoms with E-state index in [9.17, 15) is 4.79 Å². The molecule has 32 heavy (non-hydrogen) atoms. The van der Waals surface area contributed by atoms with Crippen molar-refractivity contribution in [2.24, 2.45) is 17.1 Å². The van der Waals surface area contributed by atoms with Gasteiger partial charge in [0.05, 0.1) is 11.6 Å². The van der Waals surface area contributed by atoms with Crippen molar-refractivity contribution in [3.05, 3.63) is 69.7 Å². The molecule has 4 N–H and O–H groups in total. The molecule has 1 heterocycles. The molecule has 1 saturated heterocycles. The Balaban J connectivity index is 2.15. The number of nitrogens with one attached hydrogen (secondary N) is 2. The Kier molecular flexibility index (Phi) is 7.61. The predicted octanol–water partition coefficient (Wildman–Crippen LogP) is 5.48. The Morgan fingerprint density at radius 1 is 1.12 bits per heavy atom. The van der Waals surface area contributed by atoms with Crippen LogP contribution in [0.2, 0.25) is 10.0 Å². The number of hydrogen-bond acceptors (Lipinski definition) is 3. The number of hydrogen-bond donors (Lipinski definition) is 3. The Morgan fingerprint density at radius 3 is 2.34 bits per heavy atom. The minimum atomic E-state index is -0.831. The van der Waals surface area contributed by atoms with E-state index in [1.165, 1.54) is 0 Å². The lowest BCUT2D eigenvalue weighted by molar-refractivity contribution is -0.123. The van der Waals surface area contributed by atoms with Gasteiger partial charge in [-0.3, -0.25) is 4.79 Å². The number of halogens is 2. The lowest BCUT2D eigenvalue weighted by Gasteiger charge is -2.39. The van der Waals surface area contributed by atoms with Gasteiger partial charge in [0.1, 0.15) is 0 Å². The molecule has 0 saturated carbocycles. The second-order valence-corrected chi connectivity index (χ2v) is 11.4. The molecule has 4 atom stereocenters. The lowest BCUT2D eigenvalue weighted by atomic mass is 9.68. The van der Waals surface area contributed by atoms with E-state index in [4.69, 9.17) is 28.9 Å². The van der Waals surface area contributed by atoms with Gasteiger partial charge in [-0.05, 0) is 53.1 Å². The van der Waals surface area contributed by atoms with Crippen molar-refractivity contribution in [3.8, 4) is 0 Å². The number of carbonyl (C=O) groups is 1.